The van der Waals surface area contributed by atoms with Gasteiger partial charge in [-0.2, -0.15) is 22.9 Å². The Morgan fingerprint density at radius 2 is 1.04 bits per heavy atom. The van der Waals surface area contributed by atoms with Gasteiger partial charge in [-0.05, 0) is 42.9 Å². The Hall–Kier alpha value is -5.02. The SMILES string of the molecule is Cc1cnc(-n2c3[c-]c(Oc4[c-]c(-c5ccccn5)ccc4)ccc3c3ccc(Oc4[c-]c(-c5ccccn5)ccc4)[c-]c32)nc1C.[Pd+2].[Pd+2]. The van der Waals surface area contributed by atoms with E-state index in [9.17, 15) is 0 Å². The van der Waals surface area contributed by atoms with Crippen molar-refractivity contribution in [2.24, 2.45) is 0 Å². The molecule has 0 radical (unpaired) electrons. The monoisotopic (exact) mass is 819 g/mol. The van der Waals surface area contributed by atoms with Crippen molar-refractivity contribution in [1.82, 2.24) is 24.5 Å². The van der Waals surface area contributed by atoms with E-state index in [1.54, 1.807) is 12.4 Å². The van der Waals surface area contributed by atoms with Gasteiger partial charge >= 0.3 is 40.8 Å². The van der Waals surface area contributed by atoms with Crippen LogP contribution in [-0.4, -0.2) is 24.5 Å². The molecule has 0 fully saturated rings. The van der Waals surface area contributed by atoms with Crippen molar-refractivity contribution in [2.75, 3.05) is 0 Å². The Labute approximate surface area is 311 Å². The summed E-state index contributed by atoms with van der Waals surface area (Å²) >= 11 is 0. The third kappa shape index (κ3) is 6.94. The number of rotatable bonds is 7. The van der Waals surface area contributed by atoms with Crippen LogP contribution in [0.4, 0.5) is 0 Å². The summed E-state index contributed by atoms with van der Waals surface area (Å²) in [5.74, 6) is 2.66. The molecule has 4 aromatic heterocycles. The molecular formula is C40H25N5O2Pd2. The van der Waals surface area contributed by atoms with Crippen molar-refractivity contribution < 1.29 is 50.3 Å². The first-order valence-corrected chi connectivity index (χ1v) is 15.1. The van der Waals surface area contributed by atoms with E-state index in [2.05, 4.69) is 34.2 Å². The molecule has 8 rings (SSSR count). The van der Waals surface area contributed by atoms with Crippen LogP contribution in [0.2, 0.25) is 0 Å². The zero-order valence-electron chi connectivity index (χ0n) is 26.2. The molecule has 0 aliphatic rings. The summed E-state index contributed by atoms with van der Waals surface area (Å²) in [6.07, 6.45) is 5.35. The number of ether oxygens (including phenoxy) is 2. The van der Waals surface area contributed by atoms with E-state index in [-0.39, 0.29) is 40.8 Å². The molecule has 0 spiro atoms. The van der Waals surface area contributed by atoms with Crippen molar-refractivity contribution in [3.05, 3.63) is 151 Å². The fourth-order valence-corrected chi connectivity index (χ4v) is 5.36. The summed E-state index contributed by atoms with van der Waals surface area (Å²) in [6.45, 7) is 3.96. The fraction of sp³-hybridized carbons (Fsp3) is 0.0500. The Kier molecular flexibility index (Phi) is 10.1. The molecule has 8 aromatic rings. The van der Waals surface area contributed by atoms with Gasteiger partial charge in [0.05, 0.1) is 0 Å². The van der Waals surface area contributed by atoms with Crippen LogP contribution in [0.3, 0.4) is 0 Å². The summed E-state index contributed by atoms with van der Waals surface area (Å²) in [7, 11) is 0. The summed E-state index contributed by atoms with van der Waals surface area (Å²) < 4.78 is 14.5. The second kappa shape index (κ2) is 14.6. The van der Waals surface area contributed by atoms with Crippen molar-refractivity contribution in [2.45, 2.75) is 13.8 Å². The first-order valence-electron chi connectivity index (χ1n) is 15.1. The number of aryl methyl sites for hydroxylation is 2. The van der Waals surface area contributed by atoms with Crippen molar-refractivity contribution in [1.29, 1.82) is 0 Å². The molecule has 49 heavy (non-hydrogen) atoms. The van der Waals surface area contributed by atoms with Gasteiger partial charge in [-0.15, -0.1) is 71.8 Å². The molecule has 0 amide bonds. The predicted octanol–water partition coefficient (Wildman–Crippen LogP) is 9.09. The largest absolute Gasteiger partial charge is 2.00 e. The van der Waals surface area contributed by atoms with Gasteiger partial charge in [-0.25, -0.2) is 9.97 Å². The number of pyridine rings is 2. The van der Waals surface area contributed by atoms with Gasteiger partial charge in [0.25, 0.3) is 0 Å². The number of aromatic nitrogens is 5. The quantitative estimate of drug-likeness (QED) is 0.118. The molecule has 0 saturated heterocycles. The van der Waals surface area contributed by atoms with Crippen LogP contribution in [0.1, 0.15) is 11.3 Å². The van der Waals surface area contributed by atoms with Crippen LogP contribution in [0.25, 0.3) is 50.3 Å². The van der Waals surface area contributed by atoms with Crippen molar-refractivity contribution in [3.63, 3.8) is 0 Å². The summed E-state index contributed by atoms with van der Waals surface area (Å²) in [4.78, 5) is 18.4. The standard InChI is InChI=1S/C40H25N5O2.2Pd/c1-26-25-43-40(44-27(26)2)45-38-23-32(46-30-11-7-9-28(21-30)36-13-3-5-19-41-36)15-17-34(38)35-18-16-33(24-39(35)45)47-31-12-8-10-29(22-31)37-14-4-6-20-42-37;;/h3-20,25H,1-2H3;;/q-4;2*+2. The number of benzene rings is 4. The van der Waals surface area contributed by atoms with E-state index in [4.69, 9.17) is 19.4 Å². The molecule has 0 bridgehead atoms. The van der Waals surface area contributed by atoms with E-state index in [1.165, 1.54) is 0 Å². The Morgan fingerprint density at radius 3 is 1.51 bits per heavy atom. The van der Waals surface area contributed by atoms with Crippen LogP contribution >= 0.6 is 0 Å². The Morgan fingerprint density at radius 1 is 0.531 bits per heavy atom. The van der Waals surface area contributed by atoms with Gasteiger partial charge in [0.2, 0.25) is 5.95 Å². The molecule has 0 atom stereocenters. The minimum atomic E-state index is 0. The topological polar surface area (TPSA) is 75.0 Å². The molecule has 9 heteroatoms. The van der Waals surface area contributed by atoms with E-state index < -0.39 is 0 Å². The molecule has 0 aliphatic carbocycles. The smallest absolute Gasteiger partial charge is 0.503 e. The van der Waals surface area contributed by atoms with Gasteiger partial charge in [-0.3, -0.25) is 0 Å². The van der Waals surface area contributed by atoms with Crippen molar-refractivity contribution in [3.8, 4) is 51.5 Å². The summed E-state index contributed by atoms with van der Waals surface area (Å²) in [6, 6.07) is 44.5. The van der Waals surface area contributed by atoms with E-state index >= 15 is 0 Å². The maximum atomic E-state index is 6.29. The van der Waals surface area contributed by atoms with Crippen molar-refractivity contribution >= 4 is 21.8 Å². The molecule has 0 aliphatic heterocycles. The molecule has 0 saturated carbocycles. The third-order valence-electron chi connectivity index (χ3n) is 7.80. The molecule has 4 aromatic carbocycles. The van der Waals surface area contributed by atoms with Gasteiger partial charge in [0, 0.05) is 47.3 Å². The summed E-state index contributed by atoms with van der Waals surface area (Å²) in [5, 5.41) is 1.90. The Balaban J connectivity index is 0.00000208. The molecule has 7 nitrogen and oxygen atoms in total. The molecule has 0 unspecified atom stereocenters. The van der Waals surface area contributed by atoms with Gasteiger partial charge in [0.15, 0.2) is 0 Å². The first kappa shape index (κ1) is 33.9. The van der Waals surface area contributed by atoms with Crippen LogP contribution in [0.5, 0.6) is 23.0 Å². The number of hydrogen-bond donors (Lipinski definition) is 0. The van der Waals surface area contributed by atoms with Gasteiger partial charge < -0.3 is 24.0 Å². The number of hydrogen-bond acceptors (Lipinski definition) is 6. The molecule has 4 heterocycles. The third-order valence-corrected chi connectivity index (χ3v) is 7.80. The maximum Gasteiger partial charge on any atom is 2.00 e. The van der Waals surface area contributed by atoms with E-state index in [0.717, 1.165) is 55.6 Å². The van der Waals surface area contributed by atoms with E-state index in [1.807, 2.05) is 122 Å². The molecular weight excluding hydrogens is 795 g/mol. The average molecular weight is 821 g/mol. The second-order valence-electron chi connectivity index (χ2n) is 10.9. The molecule has 0 N–H and O–H groups in total. The fourth-order valence-electron chi connectivity index (χ4n) is 5.36. The van der Waals surface area contributed by atoms with E-state index in [0.29, 0.717) is 28.9 Å². The number of nitrogens with zero attached hydrogens (tertiary/aromatic N) is 5. The van der Waals surface area contributed by atoms with Gasteiger partial charge in [-0.1, -0.05) is 47.4 Å². The van der Waals surface area contributed by atoms with Crippen LogP contribution < -0.4 is 9.47 Å². The normalized spacial score (nSPS) is 10.7. The molecule has 242 valence electrons. The zero-order chi connectivity index (χ0) is 31.7. The minimum absolute atomic E-state index is 0. The zero-order valence-corrected chi connectivity index (χ0v) is 29.3. The summed E-state index contributed by atoms with van der Waals surface area (Å²) in [5.41, 5.74) is 6.70. The Bertz CT molecular complexity index is 2260. The predicted molar refractivity (Wildman–Crippen MR) is 181 cm³/mol. The minimum Gasteiger partial charge on any atom is -0.503 e. The van der Waals surface area contributed by atoms with Crippen LogP contribution in [0, 0.1) is 38.1 Å². The number of fused-ring (bicyclic) bond motifs is 3. The average Bonchev–Trinajstić information content (AvgIpc) is 3.43. The maximum absolute atomic E-state index is 6.29. The van der Waals surface area contributed by atoms with Crippen LogP contribution in [0.15, 0.2) is 116 Å². The van der Waals surface area contributed by atoms with Gasteiger partial charge in [0.1, 0.15) is 0 Å². The van der Waals surface area contributed by atoms with Crippen LogP contribution in [-0.2, 0) is 40.8 Å². The second-order valence-corrected chi connectivity index (χ2v) is 10.9. The first-order chi connectivity index (χ1) is 23.1.